The molecular formula is C19H14O4. The molecule has 4 heteroatoms. The third-order valence-electron chi connectivity index (χ3n) is 3.97. The van der Waals surface area contributed by atoms with E-state index < -0.39 is 0 Å². The molecule has 0 spiro atoms. The highest BCUT2D eigenvalue weighted by molar-refractivity contribution is 6.20. The molecule has 0 saturated heterocycles. The zero-order valence-electron chi connectivity index (χ0n) is 12.5. The van der Waals surface area contributed by atoms with Gasteiger partial charge in [-0.2, -0.15) is 0 Å². The van der Waals surface area contributed by atoms with Gasteiger partial charge in [0.05, 0.1) is 7.11 Å². The number of fused-ring (bicyclic) bond motifs is 2. The zero-order valence-corrected chi connectivity index (χ0v) is 12.5. The van der Waals surface area contributed by atoms with Crippen molar-refractivity contribution in [1.29, 1.82) is 0 Å². The number of hydrogen-bond acceptors (Lipinski definition) is 4. The number of carbonyl (C=O) groups excluding carboxylic acids is 1. The second-order valence-electron chi connectivity index (χ2n) is 5.30. The highest BCUT2D eigenvalue weighted by atomic mass is 16.7. The monoisotopic (exact) mass is 306 g/mol. The molecule has 0 bridgehead atoms. The quantitative estimate of drug-likeness (QED) is 0.629. The number of methoxy groups -OCH3 is 1. The Labute approximate surface area is 133 Å². The van der Waals surface area contributed by atoms with Crippen LogP contribution in [0.1, 0.15) is 16.7 Å². The Kier molecular flexibility index (Phi) is 3.15. The molecule has 0 radical (unpaired) electrons. The van der Waals surface area contributed by atoms with Crippen LogP contribution in [0.25, 0.3) is 17.2 Å². The zero-order chi connectivity index (χ0) is 15.8. The van der Waals surface area contributed by atoms with E-state index in [1.807, 2.05) is 42.5 Å². The number of esters is 1. The van der Waals surface area contributed by atoms with Gasteiger partial charge in [0.15, 0.2) is 11.5 Å². The first-order valence-electron chi connectivity index (χ1n) is 7.27. The summed E-state index contributed by atoms with van der Waals surface area (Å²) in [5, 5.41) is 0. The smallest absolute Gasteiger partial charge is 0.331 e. The lowest BCUT2D eigenvalue weighted by atomic mass is 9.97. The summed E-state index contributed by atoms with van der Waals surface area (Å²) in [7, 11) is 1.38. The Morgan fingerprint density at radius 1 is 1.13 bits per heavy atom. The maximum atomic E-state index is 11.8. The largest absolute Gasteiger partial charge is 0.466 e. The molecule has 0 unspecified atom stereocenters. The molecule has 4 rings (SSSR count). The number of rotatable bonds is 2. The fraction of sp³-hybridized carbons (Fsp3) is 0.105. The normalized spacial score (nSPS) is 16.2. The molecule has 1 heterocycles. The summed E-state index contributed by atoms with van der Waals surface area (Å²) in [4.78, 5) is 11.8. The standard InChI is InChI=1S/C19H14O4/c1-21-19(20)10-16-14(12-5-3-2-4-6-12)7-13-8-17-18(9-15(13)16)23-11-22-17/h2-10H,11H2,1H3/b16-10+. The van der Waals surface area contributed by atoms with Gasteiger partial charge in [0.2, 0.25) is 6.79 Å². The molecule has 0 saturated carbocycles. The molecule has 1 aliphatic carbocycles. The Morgan fingerprint density at radius 3 is 2.61 bits per heavy atom. The second-order valence-corrected chi connectivity index (χ2v) is 5.30. The number of ether oxygens (including phenoxy) is 3. The first kappa shape index (κ1) is 13.6. The van der Waals surface area contributed by atoms with E-state index >= 15 is 0 Å². The van der Waals surface area contributed by atoms with Gasteiger partial charge < -0.3 is 14.2 Å². The third-order valence-corrected chi connectivity index (χ3v) is 3.97. The van der Waals surface area contributed by atoms with E-state index in [0.717, 1.165) is 33.6 Å². The SMILES string of the molecule is COC(=O)/C=C1\C(c2ccccc2)=Cc2cc3c(cc21)OCO3. The minimum atomic E-state index is -0.382. The van der Waals surface area contributed by atoms with Crippen molar-refractivity contribution in [2.24, 2.45) is 0 Å². The Hall–Kier alpha value is -3.01. The number of hydrogen-bond donors (Lipinski definition) is 0. The molecule has 2 aromatic carbocycles. The van der Waals surface area contributed by atoms with Gasteiger partial charge >= 0.3 is 5.97 Å². The van der Waals surface area contributed by atoms with Crippen LogP contribution < -0.4 is 9.47 Å². The van der Waals surface area contributed by atoms with Crippen molar-refractivity contribution in [3.63, 3.8) is 0 Å². The van der Waals surface area contributed by atoms with Crippen molar-refractivity contribution < 1.29 is 19.0 Å². The van der Waals surface area contributed by atoms with E-state index in [2.05, 4.69) is 6.08 Å². The minimum absolute atomic E-state index is 0.226. The third kappa shape index (κ3) is 2.28. The van der Waals surface area contributed by atoms with Crippen molar-refractivity contribution in [2.45, 2.75) is 0 Å². The van der Waals surface area contributed by atoms with Crippen LogP contribution in [0.5, 0.6) is 11.5 Å². The predicted octanol–water partition coefficient (Wildman–Crippen LogP) is 3.53. The van der Waals surface area contributed by atoms with E-state index in [9.17, 15) is 4.79 Å². The summed E-state index contributed by atoms with van der Waals surface area (Å²) < 4.78 is 15.7. The molecule has 2 aliphatic rings. The van der Waals surface area contributed by atoms with Gasteiger partial charge in [0, 0.05) is 6.08 Å². The Bertz CT molecular complexity index is 847. The minimum Gasteiger partial charge on any atom is -0.466 e. The molecule has 0 amide bonds. The lowest BCUT2D eigenvalue weighted by molar-refractivity contribution is -0.134. The Balaban J connectivity index is 1.89. The van der Waals surface area contributed by atoms with E-state index in [1.54, 1.807) is 0 Å². The first-order chi connectivity index (χ1) is 11.3. The Morgan fingerprint density at radius 2 is 1.87 bits per heavy atom. The molecule has 1 aliphatic heterocycles. The first-order valence-corrected chi connectivity index (χ1v) is 7.27. The summed E-state index contributed by atoms with van der Waals surface area (Å²) in [6.45, 7) is 0.226. The van der Waals surface area contributed by atoms with Gasteiger partial charge in [0.25, 0.3) is 0 Å². The average molecular weight is 306 g/mol. The van der Waals surface area contributed by atoms with E-state index in [1.165, 1.54) is 13.2 Å². The van der Waals surface area contributed by atoms with Crippen LogP contribution in [0.2, 0.25) is 0 Å². The molecule has 4 nitrogen and oxygen atoms in total. The van der Waals surface area contributed by atoms with Crippen LogP contribution in [0.4, 0.5) is 0 Å². The lowest BCUT2D eigenvalue weighted by Gasteiger charge is -2.08. The number of allylic oxidation sites excluding steroid dienone is 2. The molecular weight excluding hydrogens is 292 g/mol. The highest BCUT2D eigenvalue weighted by Gasteiger charge is 2.25. The molecule has 114 valence electrons. The van der Waals surface area contributed by atoms with Gasteiger partial charge in [-0.1, -0.05) is 30.3 Å². The maximum absolute atomic E-state index is 11.8. The van der Waals surface area contributed by atoms with Crippen LogP contribution >= 0.6 is 0 Å². The molecule has 2 aromatic rings. The van der Waals surface area contributed by atoms with Gasteiger partial charge in [-0.3, -0.25) is 0 Å². The molecule has 0 atom stereocenters. The number of benzene rings is 2. The fourth-order valence-corrected chi connectivity index (χ4v) is 2.88. The van der Waals surface area contributed by atoms with Crippen molar-refractivity contribution in [3.05, 3.63) is 65.2 Å². The van der Waals surface area contributed by atoms with Gasteiger partial charge in [-0.25, -0.2) is 4.79 Å². The van der Waals surface area contributed by atoms with E-state index in [0.29, 0.717) is 5.75 Å². The van der Waals surface area contributed by atoms with Crippen molar-refractivity contribution >= 4 is 23.2 Å². The van der Waals surface area contributed by atoms with Crippen molar-refractivity contribution in [2.75, 3.05) is 13.9 Å². The van der Waals surface area contributed by atoms with E-state index in [-0.39, 0.29) is 12.8 Å². The summed E-state index contributed by atoms with van der Waals surface area (Å²) in [6.07, 6.45) is 3.58. The molecule has 0 aromatic heterocycles. The predicted molar refractivity (Wildman–Crippen MR) is 86.9 cm³/mol. The van der Waals surface area contributed by atoms with Crippen LogP contribution in [0, 0.1) is 0 Å². The van der Waals surface area contributed by atoms with Gasteiger partial charge in [-0.05, 0) is 46.0 Å². The topological polar surface area (TPSA) is 44.8 Å². The molecule has 0 fully saturated rings. The van der Waals surface area contributed by atoms with Crippen molar-refractivity contribution in [1.82, 2.24) is 0 Å². The maximum Gasteiger partial charge on any atom is 0.331 e. The summed E-state index contributed by atoms with van der Waals surface area (Å²) in [6, 6.07) is 13.8. The average Bonchev–Trinajstić information content (AvgIpc) is 3.18. The fourth-order valence-electron chi connectivity index (χ4n) is 2.88. The van der Waals surface area contributed by atoms with Crippen LogP contribution in [-0.4, -0.2) is 19.9 Å². The highest BCUT2D eigenvalue weighted by Crippen LogP contribution is 2.46. The summed E-state index contributed by atoms with van der Waals surface area (Å²) in [5.41, 5.74) is 4.80. The van der Waals surface area contributed by atoms with E-state index in [4.69, 9.17) is 14.2 Å². The summed E-state index contributed by atoms with van der Waals surface area (Å²) in [5.74, 6) is 1.04. The van der Waals surface area contributed by atoms with Gasteiger partial charge in [-0.15, -0.1) is 0 Å². The van der Waals surface area contributed by atoms with Gasteiger partial charge in [0.1, 0.15) is 0 Å². The second kappa shape index (κ2) is 5.32. The van der Waals surface area contributed by atoms with Crippen LogP contribution in [0.15, 0.2) is 48.5 Å². The van der Waals surface area contributed by atoms with Crippen molar-refractivity contribution in [3.8, 4) is 11.5 Å². The summed E-state index contributed by atoms with van der Waals surface area (Å²) >= 11 is 0. The molecule has 0 N–H and O–H groups in total. The van der Waals surface area contributed by atoms with Crippen LogP contribution in [-0.2, 0) is 9.53 Å². The van der Waals surface area contributed by atoms with Crippen LogP contribution in [0.3, 0.4) is 0 Å². The lowest BCUT2D eigenvalue weighted by Crippen LogP contribution is -1.97. The molecule has 23 heavy (non-hydrogen) atoms. The number of carbonyl (C=O) groups is 1.